The summed E-state index contributed by atoms with van der Waals surface area (Å²) in [5, 5.41) is 7.88. The lowest BCUT2D eigenvalue weighted by molar-refractivity contribution is 0.0752. The first kappa shape index (κ1) is 17.4. The lowest BCUT2D eigenvalue weighted by atomic mass is 10.0. The van der Waals surface area contributed by atoms with Crippen molar-refractivity contribution in [3.63, 3.8) is 0 Å². The number of halogens is 2. The van der Waals surface area contributed by atoms with Crippen molar-refractivity contribution < 1.29 is 14.3 Å². The molecular weight excluding hydrogens is 341 g/mol. The molecule has 1 unspecified atom stereocenters. The molecule has 3 N–H and O–H groups in total. The number of nitrogens with one attached hydrogen (secondary N) is 1. The fourth-order valence-corrected chi connectivity index (χ4v) is 2.62. The molecule has 2 aromatic rings. The Morgan fingerprint density at radius 1 is 1.26 bits per heavy atom. The molecule has 1 aromatic carbocycles. The quantitative estimate of drug-likeness (QED) is 0.817. The second-order valence-corrected chi connectivity index (χ2v) is 6.24. The molecule has 0 saturated carbocycles. The lowest BCUT2D eigenvalue weighted by Crippen LogP contribution is -2.21. The molecule has 1 atom stereocenters. The fourth-order valence-electron chi connectivity index (χ4n) is 2.11. The van der Waals surface area contributed by atoms with Gasteiger partial charge in [0.15, 0.2) is 0 Å². The normalized spacial score (nSPS) is 12.3. The van der Waals surface area contributed by atoms with Gasteiger partial charge in [0.2, 0.25) is 5.88 Å². The van der Waals surface area contributed by atoms with Crippen molar-refractivity contribution >= 4 is 29.3 Å². The third kappa shape index (κ3) is 4.30. The van der Waals surface area contributed by atoms with Crippen molar-refractivity contribution in [1.82, 2.24) is 10.2 Å². The van der Waals surface area contributed by atoms with Crippen LogP contribution < -0.4 is 10.5 Å². The minimum absolute atomic E-state index is 0.00189. The van der Waals surface area contributed by atoms with Gasteiger partial charge >= 0.3 is 6.09 Å². The number of carbonyl (C=O) groups is 1. The van der Waals surface area contributed by atoms with Crippen molar-refractivity contribution in [2.24, 2.45) is 11.7 Å². The zero-order chi connectivity index (χ0) is 17.1. The Morgan fingerprint density at radius 3 is 2.39 bits per heavy atom. The van der Waals surface area contributed by atoms with E-state index in [9.17, 15) is 4.79 Å². The molecule has 23 heavy (non-hydrogen) atoms. The van der Waals surface area contributed by atoms with E-state index in [1.54, 1.807) is 25.1 Å². The van der Waals surface area contributed by atoms with Crippen LogP contribution in [0.3, 0.4) is 0 Å². The first-order valence-electron chi connectivity index (χ1n) is 6.92. The highest BCUT2D eigenvalue weighted by Crippen LogP contribution is 2.34. The van der Waals surface area contributed by atoms with Gasteiger partial charge in [-0.2, -0.15) is 5.10 Å². The summed E-state index contributed by atoms with van der Waals surface area (Å²) in [6.07, 6.45) is -1.42. The average molecular weight is 358 g/mol. The predicted octanol–water partition coefficient (Wildman–Crippen LogP) is 4.61. The monoisotopic (exact) mass is 357 g/mol. The van der Waals surface area contributed by atoms with Gasteiger partial charge in [-0.05, 0) is 31.0 Å². The smallest absolute Gasteiger partial charge is 0.405 e. The topological polar surface area (TPSA) is 90.2 Å². The van der Waals surface area contributed by atoms with Crippen molar-refractivity contribution in [3.05, 3.63) is 39.5 Å². The molecule has 0 aliphatic rings. The molecule has 0 aliphatic carbocycles. The Morgan fingerprint density at radius 2 is 1.87 bits per heavy atom. The Kier molecular flexibility index (Phi) is 5.38. The minimum Gasteiger partial charge on any atom is -0.440 e. The maximum absolute atomic E-state index is 11.1. The third-order valence-corrected chi connectivity index (χ3v) is 3.61. The standard InChI is InChI=1S/C15H17Cl2N3O3/c1-7(2)13(23-15(18)21)12-8(3)14(20-19-12)22-11-5-9(16)4-10(17)6-11/h4-7,13H,1-3H3,(H2,18,21)(H,19,20). The summed E-state index contributed by atoms with van der Waals surface area (Å²) in [6.45, 7) is 5.61. The van der Waals surface area contributed by atoms with E-state index in [1.807, 2.05) is 13.8 Å². The molecule has 8 heteroatoms. The van der Waals surface area contributed by atoms with Crippen LogP contribution in [-0.2, 0) is 4.74 Å². The van der Waals surface area contributed by atoms with Crippen molar-refractivity contribution in [3.8, 4) is 11.6 Å². The molecule has 0 radical (unpaired) electrons. The van der Waals surface area contributed by atoms with Gasteiger partial charge in [-0.15, -0.1) is 0 Å². The van der Waals surface area contributed by atoms with Crippen LogP contribution in [0.5, 0.6) is 11.6 Å². The number of rotatable bonds is 5. The fraction of sp³-hybridized carbons (Fsp3) is 0.333. The van der Waals surface area contributed by atoms with Crippen molar-refractivity contribution in [2.75, 3.05) is 0 Å². The number of aromatic nitrogens is 2. The highest BCUT2D eigenvalue weighted by atomic mass is 35.5. The van der Waals surface area contributed by atoms with Crippen LogP contribution >= 0.6 is 23.2 Å². The summed E-state index contributed by atoms with van der Waals surface area (Å²) in [5.74, 6) is 0.882. The number of aromatic amines is 1. The van der Waals surface area contributed by atoms with Gasteiger partial charge in [0.1, 0.15) is 17.5 Å². The largest absolute Gasteiger partial charge is 0.440 e. The van der Waals surface area contributed by atoms with Crippen LogP contribution in [0.4, 0.5) is 4.79 Å². The summed E-state index contributed by atoms with van der Waals surface area (Å²) >= 11 is 11.9. The number of carbonyl (C=O) groups excluding carboxylic acids is 1. The van der Waals surface area contributed by atoms with Crippen molar-refractivity contribution in [2.45, 2.75) is 26.9 Å². The third-order valence-electron chi connectivity index (χ3n) is 3.18. The molecule has 0 spiro atoms. The van der Waals surface area contributed by atoms with Gasteiger partial charge in [-0.3, -0.25) is 0 Å². The van der Waals surface area contributed by atoms with E-state index >= 15 is 0 Å². The van der Waals surface area contributed by atoms with E-state index in [4.69, 9.17) is 38.4 Å². The number of hydrogen-bond donors (Lipinski definition) is 2. The van der Waals surface area contributed by atoms with E-state index < -0.39 is 12.2 Å². The number of nitrogens with zero attached hydrogens (tertiary/aromatic N) is 1. The summed E-state index contributed by atoms with van der Waals surface area (Å²) in [5.41, 5.74) is 6.39. The molecule has 0 aliphatic heterocycles. The van der Waals surface area contributed by atoms with E-state index in [0.717, 1.165) is 0 Å². The summed E-state index contributed by atoms with van der Waals surface area (Å²) in [6, 6.07) is 4.87. The zero-order valence-corrected chi connectivity index (χ0v) is 14.4. The predicted molar refractivity (Wildman–Crippen MR) is 88.1 cm³/mol. The average Bonchev–Trinajstić information content (AvgIpc) is 2.76. The Hall–Kier alpha value is -1.92. The Bertz CT molecular complexity index is 696. The van der Waals surface area contributed by atoms with Crippen LogP contribution in [0.1, 0.15) is 31.2 Å². The number of H-pyrrole nitrogens is 1. The number of nitrogens with two attached hydrogens (primary N) is 1. The van der Waals surface area contributed by atoms with E-state index in [-0.39, 0.29) is 5.92 Å². The van der Waals surface area contributed by atoms with Crippen LogP contribution in [0.25, 0.3) is 0 Å². The molecule has 0 bridgehead atoms. The van der Waals surface area contributed by atoms with E-state index in [1.165, 1.54) is 0 Å². The second kappa shape index (κ2) is 7.10. The number of benzene rings is 1. The minimum atomic E-state index is -0.852. The lowest BCUT2D eigenvalue weighted by Gasteiger charge is -2.18. The van der Waals surface area contributed by atoms with E-state index in [2.05, 4.69) is 10.2 Å². The molecular formula is C15H17Cl2N3O3. The molecule has 124 valence electrons. The second-order valence-electron chi connectivity index (χ2n) is 5.37. The summed E-state index contributed by atoms with van der Waals surface area (Å²) in [4.78, 5) is 11.1. The highest BCUT2D eigenvalue weighted by molar-refractivity contribution is 6.34. The molecule has 0 saturated heterocycles. The maximum Gasteiger partial charge on any atom is 0.405 e. The number of primary amides is 1. The van der Waals surface area contributed by atoms with Crippen LogP contribution in [0, 0.1) is 12.8 Å². The molecule has 2 rings (SSSR count). The SMILES string of the molecule is Cc1c(C(OC(N)=O)C(C)C)n[nH]c1Oc1cc(Cl)cc(Cl)c1. The summed E-state index contributed by atoms with van der Waals surface area (Å²) < 4.78 is 10.9. The van der Waals surface area contributed by atoms with Crippen LogP contribution in [-0.4, -0.2) is 16.3 Å². The van der Waals surface area contributed by atoms with Gasteiger partial charge < -0.3 is 15.2 Å². The maximum atomic E-state index is 11.1. The van der Waals surface area contributed by atoms with Gasteiger partial charge in [0.05, 0.1) is 0 Å². The van der Waals surface area contributed by atoms with E-state index in [0.29, 0.717) is 32.9 Å². The molecule has 1 aromatic heterocycles. The van der Waals surface area contributed by atoms with Crippen molar-refractivity contribution in [1.29, 1.82) is 0 Å². The van der Waals surface area contributed by atoms with Gasteiger partial charge in [0, 0.05) is 15.6 Å². The Balaban J connectivity index is 2.29. The molecule has 1 heterocycles. The number of hydrogen-bond acceptors (Lipinski definition) is 4. The first-order chi connectivity index (χ1) is 10.8. The first-order valence-corrected chi connectivity index (χ1v) is 7.68. The van der Waals surface area contributed by atoms with Crippen LogP contribution in [0.2, 0.25) is 10.0 Å². The van der Waals surface area contributed by atoms with Crippen LogP contribution in [0.15, 0.2) is 18.2 Å². The van der Waals surface area contributed by atoms with Gasteiger partial charge in [0.25, 0.3) is 0 Å². The molecule has 1 amide bonds. The zero-order valence-electron chi connectivity index (χ0n) is 12.9. The summed E-state index contributed by atoms with van der Waals surface area (Å²) in [7, 11) is 0. The Labute approximate surface area is 143 Å². The van der Waals surface area contributed by atoms with Gasteiger partial charge in [-0.1, -0.05) is 37.0 Å². The number of amides is 1. The molecule has 6 nitrogen and oxygen atoms in total. The number of ether oxygens (including phenoxy) is 2. The molecule has 0 fully saturated rings. The van der Waals surface area contributed by atoms with Gasteiger partial charge in [-0.25, -0.2) is 9.89 Å². The highest BCUT2D eigenvalue weighted by Gasteiger charge is 2.26.